The average molecular weight is 283 g/mol. The molecule has 0 aromatic heterocycles. The third-order valence-corrected chi connectivity index (χ3v) is 2.53. The molecule has 75 valence electrons. The van der Waals surface area contributed by atoms with Crippen LogP contribution in [0.3, 0.4) is 0 Å². The second-order valence-corrected chi connectivity index (χ2v) is 4.25. The average Bonchev–Trinajstić information content (AvgIpc) is 2.22. The molecule has 0 heterocycles. The lowest BCUT2D eigenvalue weighted by molar-refractivity contribution is 0.482. The Morgan fingerprint density at radius 2 is 1.80 bits per heavy atom. The highest BCUT2D eigenvalue weighted by molar-refractivity contribution is 9.10. The first-order valence-corrected chi connectivity index (χ1v) is 5.52. The number of hydrogen-bond donors (Lipinski definition) is 0. The molecule has 0 atom stereocenters. The van der Waals surface area contributed by atoms with Crippen LogP contribution in [-0.2, 0) is 0 Å². The van der Waals surface area contributed by atoms with Crippen molar-refractivity contribution in [1.82, 2.24) is 0 Å². The van der Waals surface area contributed by atoms with E-state index in [0.29, 0.717) is 10.8 Å². The summed E-state index contributed by atoms with van der Waals surface area (Å²) in [7, 11) is 0. The highest BCUT2D eigenvalue weighted by Crippen LogP contribution is 2.24. The van der Waals surface area contributed by atoms with Crippen molar-refractivity contribution < 1.29 is 4.74 Å². The zero-order valence-corrected chi connectivity index (χ0v) is 10.0. The van der Waals surface area contributed by atoms with Gasteiger partial charge in [0.25, 0.3) is 0 Å². The smallest absolute Gasteiger partial charge is 0.128 e. The van der Waals surface area contributed by atoms with Crippen molar-refractivity contribution in [2.24, 2.45) is 0 Å². The molecule has 0 N–H and O–H groups in total. The Morgan fingerprint density at radius 3 is 2.47 bits per heavy atom. The van der Waals surface area contributed by atoms with E-state index in [4.69, 9.17) is 16.3 Å². The molecule has 0 bridgehead atoms. The molecule has 3 heteroatoms. The molecule has 0 saturated heterocycles. The van der Waals surface area contributed by atoms with Gasteiger partial charge >= 0.3 is 0 Å². The maximum absolute atomic E-state index is 5.79. The van der Waals surface area contributed by atoms with Crippen molar-refractivity contribution in [3.05, 3.63) is 58.0 Å². The Balaban J connectivity index is 2.18. The summed E-state index contributed by atoms with van der Waals surface area (Å²) in [4.78, 5) is 0. The van der Waals surface area contributed by atoms with E-state index in [1.807, 2.05) is 30.3 Å². The van der Waals surface area contributed by atoms with Crippen LogP contribution in [0.1, 0.15) is 0 Å². The van der Waals surface area contributed by atoms with Crippen molar-refractivity contribution in [3.63, 3.8) is 0 Å². The molecule has 0 aliphatic heterocycles. The molecule has 0 fully saturated rings. The van der Waals surface area contributed by atoms with Gasteiger partial charge in [-0.2, -0.15) is 0 Å². The molecule has 0 amide bonds. The molecule has 15 heavy (non-hydrogen) atoms. The van der Waals surface area contributed by atoms with Crippen LogP contribution in [-0.4, -0.2) is 0 Å². The topological polar surface area (TPSA) is 9.23 Å². The Morgan fingerprint density at radius 1 is 1.07 bits per heavy atom. The molecule has 2 aromatic rings. The lowest BCUT2D eigenvalue weighted by Crippen LogP contribution is -1.83. The Hall–Kier alpha value is -0.990. The third kappa shape index (κ3) is 2.98. The van der Waals surface area contributed by atoms with Gasteiger partial charge in [0, 0.05) is 16.6 Å². The van der Waals surface area contributed by atoms with Gasteiger partial charge in [-0.25, -0.2) is 0 Å². The van der Waals surface area contributed by atoms with E-state index in [9.17, 15) is 0 Å². The lowest BCUT2D eigenvalue weighted by atomic mass is 10.3. The maximum Gasteiger partial charge on any atom is 0.128 e. The maximum atomic E-state index is 5.79. The van der Waals surface area contributed by atoms with Crippen LogP contribution < -0.4 is 4.74 Å². The lowest BCUT2D eigenvalue weighted by Gasteiger charge is -2.05. The molecule has 0 aliphatic rings. The van der Waals surface area contributed by atoms with Gasteiger partial charge in [-0.05, 0) is 36.4 Å². The number of ether oxygens (including phenoxy) is 1. The zero-order chi connectivity index (χ0) is 10.7. The van der Waals surface area contributed by atoms with Gasteiger partial charge in [0.15, 0.2) is 0 Å². The highest BCUT2D eigenvalue weighted by atomic mass is 79.9. The van der Waals surface area contributed by atoms with Crippen molar-refractivity contribution in [2.75, 3.05) is 0 Å². The van der Waals surface area contributed by atoms with Crippen molar-refractivity contribution in [3.8, 4) is 11.5 Å². The molecular weight excluding hydrogens is 275 g/mol. The van der Waals surface area contributed by atoms with Crippen LogP contribution in [0.2, 0.25) is 5.02 Å². The first kappa shape index (κ1) is 10.5. The van der Waals surface area contributed by atoms with Crippen molar-refractivity contribution >= 4 is 27.5 Å². The van der Waals surface area contributed by atoms with Gasteiger partial charge in [-0.15, -0.1) is 0 Å². The van der Waals surface area contributed by atoms with E-state index >= 15 is 0 Å². The SMILES string of the molecule is Clc1[c]ccc(Oc2ccc(Br)cc2)c1. The number of rotatable bonds is 2. The second-order valence-electron chi connectivity index (χ2n) is 2.93. The fraction of sp³-hybridized carbons (Fsp3) is 0. The zero-order valence-electron chi connectivity index (χ0n) is 7.71. The van der Waals surface area contributed by atoms with Crippen LogP contribution >= 0.6 is 27.5 Å². The van der Waals surface area contributed by atoms with E-state index in [1.54, 1.807) is 12.1 Å². The van der Waals surface area contributed by atoms with Gasteiger partial charge < -0.3 is 4.74 Å². The van der Waals surface area contributed by atoms with Crippen molar-refractivity contribution in [1.29, 1.82) is 0 Å². The van der Waals surface area contributed by atoms with E-state index in [0.717, 1.165) is 10.2 Å². The molecule has 0 unspecified atom stereocenters. The van der Waals surface area contributed by atoms with Gasteiger partial charge in [-0.3, -0.25) is 0 Å². The molecule has 0 aliphatic carbocycles. The minimum atomic E-state index is 0.546. The Labute approximate surface area is 102 Å². The van der Waals surface area contributed by atoms with Gasteiger partial charge in [0.1, 0.15) is 11.5 Å². The minimum absolute atomic E-state index is 0.546. The van der Waals surface area contributed by atoms with Gasteiger partial charge in [0.05, 0.1) is 5.02 Å². The molecule has 2 rings (SSSR count). The minimum Gasteiger partial charge on any atom is -0.457 e. The molecule has 1 radical (unpaired) electrons. The van der Waals surface area contributed by atoms with Crippen molar-refractivity contribution in [2.45, 2.75) is 0 Å². The fourth-order valence-corrected chi connectivity index (χ4v) is 1.56. The van der Waals surface area contributed by atoms with E-state index < -0.39 is 0 Å². The van der Waals surface area contributed by atoms with Crippen LogP contribution in [0.4, 0.5) is 0 Å². The summed E-state index contributed by atoms with van der Waals surface area (Å²) < 4.78 is 6.61. The van der Waals surface area contributed by atoms with Crippen LogP contribution in [0.15, 0.2) is 46.9 Å². The Bertz CT molecular complexity index is 453. The van der Waals surface area contributed by atoms with E-state index in [-0.39, 0.29) is 0 Å². The summed E-state index contributed by atoms with van der Waals surface area (Å²) >= 11 is 9.15. The standard InChI is InChI=1S/C12H7BrClO/c13-9-4-6-11(7-5-9)15-12-3-1-2-10(14)8-12/h1,3-8H. The van der Waals surface area contributed by atoms with Crippen LogP contribution in [0.5, 0.6) is 11.5 Å². The summed E-state index contributed by atoms with van der Waals surface area (Å²) in [5.41, 5.74) is 0. The third-order valence-electron chi connectivity index (χ3n) is 1.79. The number of hydrogen-bond acceptors (Lipinski definition) is 1. The summed E-state index contributed by atoms with van der Waals surface area (Å²) in [6.07, 6.45) is 0. The normalized spacial score (nSPS) is 10.0. The molecule has 0 saturated carbocycles. The molecule has 0 spiro atoms. The summed E-state index contributed by atoms with van der Waals surface area (Å²) in [5, 5.41) is 0.546. The van der Waals surface area contributed by atoms with Gasteiger partial charge in [0.2, 0.25) is 0 Å². The number of halogens is 2. The quantitative estimate of drug-likeness (QED) is 0.776. The van der Waals surface area contributed by atoms with Crippen LogP contribution in [0.25, 0.3) is 0 Å². The largest absolute Gasteiger partial charge is 0.457 e. The molecular formula is C12H7BrClO. The predicted octanol–water partition coefficient (Wildman–Crippen LogP) is 4.69. The summed E-state index contributed by atoms with van der Waals surface area (Å²) in [6.45, 7) is 0. The predicted molar refractivity (Wildman–Crippen MR) is 64.5 cm³/mol. The monoisotopic (exact) mass is 281 g/mol. The number of benzene rings is 2. The van der Waals surface area contributed by atoms with Gasteiger partial charge in [-0.1, -0.05) is 27.5 Å². The first-order chi connectivity index (χ1) is 7.24. The molecule has 1 nitrogen and oxygen atoms in total. The first-order valence-electron chi connectivity index (χ1n) is 4.35. The van der Waals surface area contributed by atoms with Crippen LogP contribution in [0, 0.1) is 6.07 Å². The summed E-state index contributed by atoms with van der Waals surface area (Å²) in [5.74, 6) is 1.49. The van der Waals surface area contributed by atoms with E-state index in [1.165, 1.54) is 0 Å². The molecule has 2 aromatic carbocycles. The second kappa shape index (κ2) is 4.69. The van der Waals surface area contributed by atoms with E-state index in [2.05, 4.69) is 22.0 Å². The Kier molecular flexibility index (Phi) is 3.29. The fourth-order valence-electron chi connectivity index (χ4n) is 1.12. The summed E-state index contributed by atoms with van der Waals surface area (Å²) in [6, 6.07) is 15.7. The highest BCUT2D eigenvalue weighted by Gasteiger charge is 1.97.